The Morgan fingerprint density at radius 2 is 1.72 bits per heavy atom. The Labute approximate surface area is 149 Å². The normalized spacial score (nSPS) is 14.9. The molecule has 0 aliphatic carbocycles. The van der Waals surface area contributed by atoms with Gasteiger partial charge in [0.05, 0.1) is 13.2 Å². The van der Waals surface area contributed by atoms with E-state index in [0.717, 1.165) is 56.3 Å². The SMILES string of the molecule is Cc1ccccc1C(=O)Nc1ccc(NCCN2CCOCC2)cc1. The van der Waals surface area contributed by atoms with Crippen LogP contribution in [-0.4, -0.2) is 50.2 Å². The molecular formula is C20H25N3O2. The Hall–Kier alpha value is -2.37. The second-order valence-electron chi connectivity index (χ2n) is 6.23. The van der Waals surface area contributed by atoms with E-state index < -0.39 is 0 Å². The summed E-state index contributed by atoms with van der Waals surface area (Å²) in [6, 6.07) is 15.4. The number of aryl methyl sites for hydroxylation is 1. The topological polar surface area (TPSA) is 53.6 Å². The summed E-state index contributed by atoms with van der Waals surface area (Å²) in [5.41, 5.74) is 3.53. The summed E-state index contributed by atoms with van der Waals surface area (Å²) in [6.45, 7) is 7.52. The molecular weight excluding hydrogens is 314 g/mol. The van der Waals surface area contributed by atoms with Gasteiger partial charge in [-0.15, -0.1) is 0 Å². The minimum Gasteiger partial charge on any atom is -0.384 e. The van der Waals surface area contributed by atoms with Gasteiger partial charge in [0.25, 0.3) is 5.91 Å². The highest BCUT2D eigenvalue weighted by atomic mass is 16.5. The van der Waals surface area contributed by atoms with Gasteiger partial charge in [0.1, 0.15) is 0 Å². The van der Waals surface area contributed by atoms with Gasteiger partial charge >= 0.3 is 0 Å². The van der Waals surface area contributed by atoms with Crippen LogP contribution < -0.4 is 10.6 Å². The predicted molar refractivity (Wildman–Crippen MR) is 101 cm³/mol. The first-order chi connectivity index (χ1) is 12.2. The molecule has 1 fully saturated rings. The van der Waals surface area contributed by atoms with Crippen LogP contribution in [0.15, 0.2) is 48.5 Å². The van der Waals surface area contributed by atoms with Gasteiger partial charge in [-0.3, -0.25) is 9.69 Å². The number of hydrogen-bond donors (Lipinski definition) is 2. The molecule has 0 saturated carbocycles. The molecule has 2 N–H and O–H groups in total. The second kappa shape index (κ2) is 8.65. The maximum atomic E-state index is 12.3. The summed E-state index contributed by atoms with van der Waals surface area (Å²) in [4.78, 5) is 14.7. The van der Waals surface area contributed by atoms with Crippen molar-refractivity contribution in [3.63, 3.8) is 0 Å². The standard InChI is InChI=1S/C20H25N3O2/c1-16-4-2-3-5-19(16)20(24)22-18-8-6-17(7-9-18)21-10-11-23-12-14-25-15-13-23/h2-9,21H,10-15H2,1H3,(H,22,24). The van der Waals surface area contributed by atoms with Crippen molar-refractivity contribution in [2.75, 3.05) is 50.0 Å². The largest absolute Gasteiger partial charge is 0.384 e. The number of carbonyl (C=O) groups excluding carboxylic acids is 1. The summed E-state index contributed by atoms with van der Waals surface area (Å²) in [5, 5.41) is 6.36. The minimum absolute atomic E-state index is 0.0777. The molecule has 0 radical (unpaired) electrons. The van der Waals surface area contributed by atoms with Crippen molar-refractivity contribution >= 4 is 17.3 Å². The Morgan fingerprint density at radius 3 is 2.44 bits per heavy atom. The van der Waals surface area contributed by atoms with Crippen LogP contribution in [0, 0.1) is 6.92 Å². The number of rotatable bonds is 6. The molecule has 5 nitrogen and oxygen atoms in total. The molecule has 0 atom stereocenters. The van der Waals surface area contributed by atoms with Crippen molar-refractivity contribution in [1.29, 1.82) is 0 Å². The molecule has 25 heavy (non-hydrogen) atoms. The number of benzene rings is 2. The first kappa shape index (κ1) is 17.5. The molecule has 1 heterocycles. The van der Waals surface area contributed by atoms with Gasteiger partial charge in [0.15, 0.2) is 0 Å². The summed E-state index contributed by atoms with van der Waals surface area (Å²) in [5.74, 6) is -0.0777. The first-order valence-electron chi connectivity index (χ1n) is 8.73. The third-order valence-corrected chi connectivity index (χ3v) is 4.39. The summed E-state index contributed by atoms with van der Waals surface area (Å²) in [6.07, 6.45) is 0. The van der Waals surface area contributed by atoms with Crippen molar-refractivity contribution in [2.45, 2.75) is 6.92 Å². The average Bonchev–Trinajstić information content (AvgIpc) is 2.64. The summed E-state index contributed by atoms with van der Waals surface area (Å²) in [7, 11) is 0. The Morgan fingerprint density at radius 1 is 1.04 bits per heavy atom. The van der Waals surface area contributed by atoms with Gasteiger partial charge in [-0.05, 0) is 42.8 Å². The number of anilines is 2. The Balaban J connectivity index is 1.48. The molecule has 5 heteroatoms. The molecule has 2 aromatic carbocycles. The maximum Gasteiger partial charge on any atom is 0.255 e. The summed E-state index contributed by atoms with van der Waals surface area (Å²) < 4.78 is 5.35. The molecule has 0 bridgehead atoms. The number of hydrogen-bond acceptors (Lipinski definition) is 4. The molecule has 1 aliphatic rings. The van der Waals surface area contributed by atoms with Crippen molar-refractivity contribution in [2.24, 2.45) is 0 Å². The average molecular weight is 339 g/mol. The van der Waals surface area contributed by atoms with E-state index in [2.05, 4.69) is 15.5 Å². The minimum atomic E-state index is -0.0777. The van der Waals surface area contributed by atoms with E-state index in [1.807, 2.05) is 55.5 Å². The third kappa shape index (κ3) is 5.05. The van der Waals surface area contributed by atoms with Gasteiger partial charge in [-0.1, -0.05) is 18.2 Å². The van der Waals surface area contributed by atoms with E-state index in [-0.39, 0.29) is 5.91 Å². The lowest BCUT2D eigenvalue weighted by Gasteiger charge is -2.26. The van der Waals surface area contributed by atoms with Crippen LogP contribution in [0.5, 0.6) is 0 Å². The van der Waals surface area contributed by atoms with Crippen LogP contribution >= 0.6 is 0 Å². The monoisotopic (exact) mass is 339 g/mol. The summed E-state index contributed by atoms with van der Waals surface area (Å²) >= 11 is 0. The maximum absolute atomic E-state index is 12.3. The molecule has 1 saturated heterocycles. The number of nitrogens with zero attached hydrogens (tertiary/aromatic N) is 1. The molecule has 0 aromatic heterocycles. The lowest BCUT2D eigenvalue weighted by Crippen LogP contribution is -2.38. The van der Waals surface area contributed by atoms with E-state index in [1.165, 1.54) is 0 Å². The first-order valence-corrected chi connectivity index (χ1v) is 8.73. The molecule has 3 rings (SSSR count). The van der Waals surface area contributed by atoms with Crippen LogP contribution in [0.25, 0.3) is 0 Å². The van der Waals surface area contributed by atoms with Crippen LogP contribution in [-0.2, 0) is 4.74 Å². The molecule has 0 spiro atoms. The zero-order valence-electron chi connectivity index (χ0n) is 14.6. The number of ether oxygens (including phenoxy) is 1. The third-order valence-electron chi connectivity index (χ3n) is 4.39. The van der Waals surface area contributed by atoms with E-state index in [0.29, 0.717) is 5.56 Å². The van der Waals surface area contributed by atoms with Crippen molar-refractivity contribution < 1.29 is 9.53 Å². The van der Waals surface area contributed by atoms with Gasteiger partial charge in [0.2, 0.25) is 0 Å². The quantitative estimate of drug-likeness (QED) is 0.849. The number of carbonyl (C=O) groups is 1. The van der Waals surface area contributed by atoms with Crippen LogP contribution in [0.3, 0.4) is 0 Å². The number of amides is 1. The van der Waals surface area contributed by atoms with E-state index >= 15 is 0 Å². The van der Waals surface area contributed by atoms with Gasteiger partial charge < -0.3 is 15.4 Å². The molecule has 2 aromatic rings. The van der Waals surface area contributed by atoms with E-state index in [1.54, 1.807) is 0 Å². The zero-order chi connectivity index (χ0) is 17.5. The highest BCUT2D eigenvalue weighted by molar-refractivity contribution is 6.05. The van der Waals surface area contributed by atoms with Gasteiger partial charge in [-0.2, -0.15) is 0 Å². The molecule has 1 aliphatic heterocycles. The Bertz CT molecular complexity index is 694. The fourth-order valence-corrected chi connectivity index (χ4v) is 2.88. The molecule has 0 unspecified atom stereocenters. The lowest BCUT2D eigenvalue weighted by molar-refractivity contribution is 0.0398. The second-order valence-corrected chi connectivity index (χ2v) is 6.23. The van der Waals surface area contributed by atoms with Crippen LogP contribution in [0.2, 0.25) is 0 Å². The van der Waals surface area contributed by atoms with E-state index in [4.69, 9.17) is 4.74 Å². The fourth-order valence-electron chi connectivity index (χ4n) is 2.88. The van der Waals surface area contributed by atoms with Crippen molar-refractivity contribution in [3.05, 3.63) is 59.7 Å². The van der Waals surface area contributed by atoms with Gasteiger partial charge in [-0.25, -0.2) is 0 Å². The fraction of sp³-hybridized carbons (Fsp3) is 0.350. The van der Waals surface area contributed by atoms with Crippen molar-refractivity contribution in [3.8, 4) is 0 Å². The smallest absolute Gasteiger partial charge is 0.255 e. The number of morpholine rings is 1. The van der Waals surface area contributed by atoms with Crippen LogP contribution in [0.4, 0.5) is 11.4 Å². The lowest BCUT2D eigenvalue weighted by atomic mass is 10.1. The van der Waals surface area contributed by atoms with Crippen LogP contribution in [0.1, 0.15) is 15.9 Å². The van der Waals surface area contributed by atoms with Crippen molar-refractivity contribution in [1.82, 2.24) is 4.90 Å². The van der Waals surface area contributed by atoms with E-state index in [9.17, 15) is 4.79 Å². The highest BCUT2D eigenvalue weighted by Crippen LogP contribution is 2.16. The number of nitrogens with one attached hydrogen (secondary N) is 2. The molecule has 1 amide bonds. The van der Waals surface area contributed by atoms with Gasteiger partial charge in [0, 0.05) is 43.1 Å². The molecule has 132 valence electrons. The predicted octanol–water partition coefficient (Wildman–Crippen LogP) is 2.99. The Kier molecular flexibility index (Phi) is 6.04. The zero-order valence-corrected chi connectivity index (χ0v) is 14.6. The highest BCUT2D eigenvalue weighted by Gasteiger charge is 2.10.